The highest BCUT2D eigenvalue weighted by Gasteiger charge is 1.98. The van der Waals surface area contributed by atoms with E-state index in [0.717, 1.165) is 12.8 Å². The van der Waals surface area contributed by atoms with Crippen molar-refractivity contribution in [1.82, 2.24) is 0 Å². The summed E-state index contributed by atoms with van der Waals surface area (Å²) >= 11 is 0. The summed E-state index contributed by atoms with van der Waals surface area (Å²) in [5.41, 5.74) is 5.13. The highest BCUT2D eigenvalue weighted by Crippen LogP contribution is 2.11. The van der Waals surface area contributed by atoms with Gasteiger partial charge in [0.05, 0.1) is 13.2 Å². The first-order valence-electron chi connectivity index (χ1n) is 7.80. The Kier molecular flexibility index (Phi) is 6.66. The van der Waals surface area contributed by atoms with Gasteiger partial charge in [-0.15, -0.1) is 0 Å². The van der Waals surface area contributed by atoms with Crippen molar-refractivity contribution in [2.75, 3.05) is 6.61 Å². The Hall–Kier alpha value is -2.12. The van der Waals surface area contributed by atoms with E-state index >= 15 is 0 Å². The van der Waals surface area contributed by atoms with Gasteiger partial charge in [0.25, 0.3) is 0 Å². The largest absolute Gasteiger partial charge is 0.373 e. The minimum Gasteiger partial charge on any atom is -0.373 e. The van der Waals surface area contributed by atoms with Crippen molar-refractivity contribution in [2.45, 2.75) is 26.4 Å². The van der Waals surface area contributed by atoms with Gasteiger partial charge < -0.3 is 4.74 Å². The van der Waals surface area contributed by atoms with Gasteiger partial charge in [-0.05, 0) is 42.0 Å². The second kappa shape index (κ2) is 9.01. The molecular weight excluding hydrogens is 268 g/mol. The molecule has 0 heterocycles. The summed E-state index contributed by atoms with van der Waals surface area (Å²) in [6.07, 6.45) is 8.03. The van der Waals surface area contributed by atoms with E-state index in [0.29, 0.717) is 13.2 Å². The lowest BCUT2D eigenvalue weighted by molar-refractivity contribution is 0.148. The van der Waals surface area contributed by atoms with Crippen LogP contribution < -0.4 is 0 Å². The van der Waals surface area contributed by atoms with Gasteiger partial charge in [-0.2, -0.15) is 0 Å². The fourth-order valence-corrected chi connectivity index (χ4v) is 2.25. The van der Waals surface area contributed by atoms with Crippen LogP contribution in [-0.2, 0) is 24.2 Å². The van der Waals surface area contributed by atoms with Crippen LogP contribution in [0.4, 0.5) is 0 Å². The number of ether oxygens (including phenoxy) is 1. The Labute approximate surface area is 134 Å². The van der Waals surface area contributed by atoms with E-state index < -0.39 is 0 Å². The molecule has 0 saturated carbocycles. The normalized spacial score (nSPS) is 11.0. The van der Waals surface area contributed by atoms with Gasteiger partial charge in [0.15, 0.2) is 0 Å². The van der Waals surface area contributed by atoms with Crippen molar-refractivity contribution < 1.29 is 4.74 Å². The van der Waals surface area contributed by atoms with E-state index in [9.17, 15) is 0 Å². The molecule has 2 aromatic carbocycles. The third-order valence-corrected chi connectivity index (χ3v) is 3.66. The second-order valence-corrected chi connectivity index (χ2v) is 5.35. The van der Waals surface area contributed by atoms with Gasteiger partial charge in [0.1, 0.15) is 0 Å². The van der Waals surface area contributed by atoms with Crippen LogP contribution in [0.15, 0.2) is 67.3 Å². The molecule has 0 N–H and O–H groups in total. The van der Waals surface area contributed by atoms with Gasteiger partial charge in [-0.25, -0.2) is 0 Å². The lowest BCUT2D eigenvalue weighted by atomic mass is 10.0. The summed E-state index contributed by atoms with van der Waals surface area (Å²) in [7, 11) is 0. The maximum atomic E-state index is 5.56. The Morgan fingerprint density at radius 1 is 0.864 bits per heavy atom. The number of allylic oxidation sites excluding steroid dienone is 1. The molecule has 0 spiro atoms. The fraction of sp³-hybridized carbons (Fsp3) is 0.238. The Balaban J connectivity index is 1.81. The van der Waals surface area contributed by atoms with Crippen LogP contribution in [0.2, 0.25) is 0 Å². The van der Waals surface area contributed by atoms with Crippen molar-refractivity contribution in [1.29, 1.82) is 0 Å². The van der Waals surface area contributed by atoms with Gasteiger partial charge in [-0.3, -0.25) is 0 Å². The first-order valence-corrected chi connectivity index (χ1v) is 7.80. The first-order chi connectivity index (χ1) is 10.8. The Morgan fingerprint density at radius 2 is 1.41 bits per heavy atom. The molecule has 2 aromatic rings. The maximum absolute atomic E-state index is 5.56. The molecule has 0 atom stereocenters. The summed E-state index contributed by atoms with van der Waals surface area (Å²) in [6, 6.07) is 17.3. The molecule has 22 heavy (non-hydrogen) atoms. The van der Waals surface area contributed by atoms with Crippen LogP contribution in [0.5, 0.6) is 0 Å². The summed E-state index contributed by atoms with van der Waals surface area (Å²) in [5, 5.41) is 0. The smallest absolute Gasteiger partial charge is 0.0721 e. The third-order valence-electron chi connectivity index (χ3n) is 3.66. The van der Waals surface area contributed by atoms with E-state index in [1.54, 1.807) is 0 Å². The molecule has 2 rings (SSSR count). The number of hydrogen-bond donors (Lipinski definition) is 0. The Morgan fingerprint density at radius 3 is 1.95 bits per heavy atom. The van der Waals surface area contributed by atoms with Crippen LogP contribution >= 0.6 is 0 Å². The maximum Gasteiger partial charge on any atom is 0.0721 e. The number of hydrogen-bond acceptors (Lipinski definition) is 1. The summed E-state index contributed by atoms with van der Waals surface area (Å²) in [5.74, 6) is 0. The molecule has 114 valence electrons. The molecule has 0 aliphatic heterocycles. The summed E-state index contributed by atoms with van der Waals surface area (Å²) < 4.78 is 5.56. The number of rotatable bonds is 8. The van der Waals surface area contributed by atoms with E-state index in [1.807, 2.05) is 25.2 Å². The van der Waals surface area contributed by atoms with Crippen LogP contribution in [-0.4, -0.2) is 6.61 Å². The molecule has 0 saturated heterocycles. The highest BCUT2D eigenvalue weighted by atomic mass is 16.5. The number of benzene rings is 2. The van der Waals surface area contributed by atoms with E-state index in [2.05, 4.69) is 55.1 Å². The third kappa shape index (κ3) is 5.34. The van der Waals surface area contributed by atoms with Crippen LogP contribution in [0.25, 0.3) is 6.08 Å². The minimum absolute atomic E-state index is 0.674. The molecule has 0 fully saturated rings. The molecule has 0 aliphatic rings. The van der Waals surface area contributed by atoms with Crippen LogP contribution in [0.3, 0.4) is 0 Å². The lowest BCUT2D eigenvalue weighted by Crippen LogP contribution is -1.95. The van der Waals surface area contributed by atoms with Crippen molar-refractivity contribution in [2.24, 2.45) is 0 Å². The van der Waals surface area contributed by atoms with Gasteiger partial charge >= 0.3 is 0 Å². The van der Waals surface area contributed by atoms with E-state index in [1.165, 1.54) is 22.3 Å². The van der Waals surface area contributed by atoms with Crippen molar-refractivity contribution in [3.05, 3.63) is 89.5 Å². The lowest BCUT2D eigenvalue weighted by Gasteiger charge is -2.05. The molecule has 0 aliphatic carbocycles. The molecule has 1 nitrogen and oxygen atoms in total. The highest BCUT2D eigenvalue weighted by molar-refractivity contribution is 5.47. The molecule has 1 heteroatoms. The summed E-state index contributed by atoms with van der Waals surface area (Å²) in [4.78, 5) is 0. The average Bonchev–Trinajstić information content (AvgIpc) is 2.58. The van der Waals surface area contributed by atoms with Gasteiger partial charge in [0.2, 0.25) is 0 Å². The second-order valence-electron chi connectivity index (χ2n) is 5.35. The van der Waals surface area contributed by atoms with Gasteiger partial charge in [-0.1, -0.05) is 73.3 Å². The molecule has 0 radical (unpaired) electrons. The quantitative estimate of drug-likeness (QED) is 0.479. The van der Waals surface area contributed by atoms with E-state index in [-0.39, 0.29) is 0 Å². The van der Waals surface area contributed by atoms with Crippen LogP contribution in [0, 0.1) is 0 Å². The zero-order chi connectivity index (χ0) is 15.6. The standard InChI is InChI=1S/C21H24O/c1-3-5-16-22-17-21-14-12-20(13-15-21)11-10-19-8-6-18(4-2)7-9-19/h3-9,12-15H,2,10-11,16-17H2,1H3/b5-3+. The fourth-order valence-electron chi connectivity index (χ4n) is 2.25. The minimum atomic E-state index is 0.674. The molecule has 0 unspecified atom stereocenters. The van der Waals surface area contributed by atoms with Crippen LogP contribution in [0.1, 0.15) is 29.2 Å². The van der Waals surface area contributed by atoms with Gasteiger partial charge in [0, 0.05) is 0 Å². The van der Waals surface area contributed by atoms with E-state index in [4.69, 9.17) is 4.74 Å². The molecule has 0 bridgehead atoms. The topological polar surface area (TPSA) is 9.23 Å². The molecule has 0 amide bonds. The first kappa shape index (κ1) is 16.3. The molecular formula is C21H24O. The zero-order valence-corrected chi connectivity index (χ0v) is 13.3. The average molecular weight is 292 g/mol. The van der Waals surface area contributed by atoms with Crippen molar-refractivity contribution >= 4 is 6.08 Å². The predicted octanol–water partition coefficient (Wildman–Crippen LogP) is 5.21. The predicted molar refractivity (Wildman–Crippen MR) is 94.9 cm³/mol. The summed E-state index contributed by atoms with van der Waals surface area (Å²) in [6.45, 7) is 7.14. The van der Waals surface area contributed by atoms with Crippen molar-refractivity contribution in [3.63, 3.8) is 0 Å². The Bertz CT molecular complexity index is 591. The molecule has 0 aromatic heterocycles. The number of aryl methyl sites for hydroxylation is 2. The van der Waals surface area contributed by atoms with Crippen molar-refractivity contribution in [3.8, 4) is 0 Å². The monoisotopic (exact) mass is 292 g/mol. The zero-order valence-electron chi connectivity index (χ0n) is 13.3. The SMILES string of the molecule is C=Cc1ccc(CCc2ccc(COC/C=C/C)cc2)cc1.